The number of benzene rings is 1. The minimum absolute atomic E-state index is 0.189. The summed E-state index contributed by atoms with van der Waals surface area (Å²) in [4.78, 5) is 4.68. The highest BCUT2D eigenvalue weighted by molar-refractivity contribution is 7.13. The van der Waals surface area contributed by atoms with Crippen molar-refractivity contribution in [3.63, 3.8) is 0 Å². The van der Waals surface area contributed by atoms with E-state index in [4.69, 9.17) is 11.6 Å². The average Bonchev–Trinajstić information content (AvgIpc) is 3.14. The summed E-state index contributed by atoms with van der Waals surface area (Å²) in [7, 11) is 0. The van der Waals surface area contributed by atoms with Gasteiger partial charge in [-0.2, -0.15) is 18.3 Å². The van der Waals surface area contributed by atoms with E-state index in [2.05, 4.69) is 20.5 Å². The van der Waals surface area contributed by atoms with Gasteiger partial charge in [0.05, 0.1) is 10.6 Å². The molecule has 0 radical (unpaired) electrons. The highest BCUT2D eigenvalue weighted by Crippen LogP contribution is 2.38. The van der Waals surface area contributed by atoms with Crippen molar-refractivity contribution >= 4 is 40.0 Å². The summed E-state index contributed by atoms with van der Waals surface area (Å²) in [6.45, 7) is 0. The van der Waals surface area contributed by atoms with E-state index in [9.17, 15) is 18.3 Å². The van der Waals surface area contributed by atoms with Crippen LogP contribution in [0.1, 0.15) is 4.88 Å². The van der Waals surface area contributed by atoms with Crippen LogP contribution in [0.3, 0.4) is 0 Å². The fraction of sp³-hybridized carbons (Fsp3) is 0.143. The molecule has 10 heteroatoms. The van der Waals surface area contributed by atoms with Crippen LogP contribution in [0.4, 0.5) is 18.9 Å². The van der Waals surface area contributed by atoms with E-state index in [0.29, 0.717) is 15.6 Å². The van der Waals surface area contributed by atoms with Gasteiger partial charge in [-0.15, -0.1) is 11.3 Å². The van der Waals surface area contributed by atoms with Crippen molar-refractivity contribution in [1.29, 1.82) is 0 Å². The van der Waals surface area contributed by atoms with Crippen molar-refractivity contribution in [2.24, 2.45) is 10.3 Å². The van der Waals surface area contributed by atoms with Crippen LogP contribution in [-0.4, -0.2) is 28.5 Å². The summed E-state index contributed by atoms with van der Waals surface area (Å²) in [5.74, 6) is -3.62. The topological polar surface area (TPSA) is 66.2 Å². The zero-order chi connectivity index (χ0) is 17.4. The number of alkyl halides is 3. The summed E-state index contributed by atoms with van der Waals surface area (Å²) >= 11 is 6.89. The summed E-state index contributed by atoms with van der Waals surface area (Å²) < 4.78 is 39.7. The van der Waals surface area contributed by atoms with Crippen molar-refractivity contribution in [3.8, 4) is 0 Å². The molecule has 1 aromatic heterocycles. The molecule has 1 atom stereocenters. The van der Waals surface area contributed by atoms with Gasteiger partial charge in [0.1, 0.15) is 0 Å². The van der Waals surface area contributed by atoms with Crippen LogP contribution < -0.4 is 5.43 Å². The quantitative estimate of drug-likeness (QED) is 0.801. The van der Waals surface area contributed by atoms with Gasteiger partial charge in [-0.25, -0.2) is 0 Å². The molecule has 0 aliphatic carbocycles. The van der Waals surface area contributed by atoms with Crippen LogP contribution in [0.5, 0.6) is 0 Å². The number of nitrogens with zero attached hydrogens (tertiary/aromatic N) is 2. The first-order valence-corrected chi connectivity index (χ1v) is 7.76. The molecule has 2 N–H and O–H groups in total. The molecule has 0 saturated heterocycles. The predicted molar refractivity (Wildman–Crippen MR) is 85.5 cm³/mol. The zero-order valence-electron chi connectivity index (χ0n) is 11.7. The molecule has 2 aromatic rings. The minimum atomic E-state index is -5.12. The number of hydrogen-bond acceptors (Lipinski definition) is 6. The molecule has 0 fully saturated rings. The molecule has 1 aliphatic heterocycles. The van der Waals surface area contributed by atoms with E-state index in [1.54, 1.807) is 29.6 Å². The van der Waals surface area contributed by atoms with E-state index >= 15 is 0 Å². The number of thiophene rings is 1. The van der Waals surface area contributed by atoms with E-state index < -0.39 is 17.7 Å². The summed E-state index contributed by atoms with van der Waals surface area (Å²) in [6, 6.07) is 9.32. The molecule has 3 rings (SSSR count). The first-order valence-electron chi connectivity index (χ1n) is 6.50. The SMILES string of the molecule is OC1(C(F)(F)F)ON=C(c2cccs2)/C1=N/Nc1ccc(Cl)cc1. The van der Waals surface area contributed by atoms with Crippen LogP contribution in [0.15, 0.2) is 52.0 Å². The van der Waals surface area contributed by atoms with Gasteiger partial charge < -0.3 is 9.94 Å². The molecule has 0 amide bonds. The summed E-state index contributed by atoms with van der Waals surface area (Å²) in [5, 5.41) is 19.1. The maximum Gasteiger partial charge on any atom is 0.464 e. The third-order valence-electron chi connectivity index (χ3n) is 3.09. The molecule has 0 bridgehead atoms. The maximum atomic E-state index is 13.2. The molecule has 0 saturated carbocycles. The Labute approximate surface area is 143 Å². The fourth-order valence-electron chi connectivity index (χ4n) is 1.89. The van der Waals surface area contributed by atoms with Gasteiger partial charge in [-0.3, -0.25) is 5.43 Å². The van der Waals surface area contributed by atoms with Crippen molar-refractivity contribution < 1.29 is 23.1 Å². The Hall–Kier alpha value is -2.10. The molecular formula is C14H9ClF3N3O2S. The van der Waals surface area contributed by atoms with Crippen molar-refractivity contribution in [3.05, 3.63) is 51.7 Å². The van der Waals surface area contributed by atoms with E-state index in [-0.39, 0.29) is 5.71 Å². The Kier molecular flexibility index (Phi) is 4.24. The van der Waals surface area contributed by atoms with E-state index in [1.165, 1.54) is 12.1 Å². The number of nitrogens with one attached hydrogen (secondary N) is 1. The number of halogens is 4. The largest absolute Gasteiger partial charge is 0.464 e. The van der Waals surface area contributed by atoms with Crippen molar-refractivity contribution in [2.75, 3.05) is 5.43 Å². The lowest BCUT2D eigenvalue weighted by Gasteiger charge is -2.23. The number of rotatable bonds is 3. The molecule has 5 nitrogen and oxygen atoms in total. The third-order valence-corrected chi connectivity index (χ3v) is 4.22. The zero-order valence-corrected chi connectivity index (χ0v) is 13.3. The van der Waals surface area contributed by atoms with Crippen molar-refractivity contribution in [1.82, 2.24) is 0 Å². The van der Waals surface area contributed by atoms with Crippen LogP contribution in [-0.2, 0) is 4.84 Å². The number of hydrazone groups is 1. The Morgan fingerprint density at radius 3 is 2.54 bits per heavy atom. The molecule has 126 valence electrons. The second-order valence-corrected chi connectivity index (χ2v) is 6.11. The highest BCUT2D eigenvalue weighted by Gasteiger charge is 2.65. The maximum absolute atomic E-state index is 13.2. The Balaban J connectivity index is 1.98. The van der Waals surface area contributed by atoms with Gasteiger partial charge in [0.15, 0.2) is 11.4 Å². The lowest BCUT2D eigenvalue weighted by atomic mass is 10.1. The molecule has 2 heterocycles. The lowest BCUT2D eigenvalue weighted by Crippen LogP contribution is -2.52. The average molecular weight is 376 g/mol. The smallest absolute Gasteiger partial charge is 0.343 e. The molecule has 24 heavy (non-hydrogen) atoms. The van der Waals surface area contributed by atoms with Gasteiger partial charge >= 0.3 is 12.0 Å². The fourth-order valence-corrected chi connectivity index (χ4v) is 2.73. The van der Waals surface area contributed by atoms with Gasteiger partial charge in [-0.1, -0.05) is 22.8 Å². The van der Waals surface area contributed by atoms with Crippen LogP contribution >= 0.6 is 22.9 Å². The predicted octanol–water partition coefficient (Wildman–Crippen LogP) is 3.85. The standard InChI is InChI=1S/C14H9ClF3N3O2S/c15-8-3-5-9(6-4-8)19-20-12-11(10-2-1-7-24-10)21-23-13(12,22)14(16,17)18/h1-7,19,22H/b20-12-. The van der Waals surface area contributed by atoms with Gasteiger partial charge in [-0.05, 0) is 35.7 Å². The highest BCUT2D eigenvalue weighted by atomic mass is 35.5. The van der Waals surface area contributed by atoms with E-state index in [1.807, 2.05) is 0 Å². The normalized spacial score (nSPS) is 22.4. The molecule has 1 unspecified atom stereocenters. The van der Waals surface area contributed by atoms with Crippen LogP contribution in [0.2, 0.25) is 5.02 Å². The van der Waals surface area contributed by atoms with Gasteiger partial charge in [0.2, 0.25) is 0 Å². The lowest BCUT2D eigenvalue weighted by molar-refractivity contribution is -0.325. The number of aliphatic hydroxyl groups is 1. The number of hydrogen-bond donors (Lipinski definition) is 2. The summed E-state index contributed by atoms with van der Waals surface area (Å²) in [6.07, 6.45) is -5.12. The minimum Gasteiger partial charge on any atom is -0.343 e. The van der Waals surface area contributed by atoms with Crippen LogP contribution in [0.25, 0.3) is 0 Å². The third kappa shape index (κ3) is 2.97. The molecule has 1 aromatic carbocycles. The first kappa shape index (κ1) is 16.7. The summed E-state index contributed by atoms with van der Waals surface area (Å²) in [5.41, 5.74) is 1.87. The Bertz CT molecular complexity index is 791. The molecule has 0 spiro atoms. The first-order chi connectivity index (χ1) is 11.3. The molecular weight excluding hydrogens is 367 g/mol. The second-order valence-electron chi connectivity index (χ2n) is 4.73. The Morgan fingerprint density at radius 2 is 1.96 bits per heavy atom. The number of oxime groups is 1. The van der Waals surface area contributed by atoms with Gasteiger partial charge in [0, 0.05) is 5.02 Å². The molecule has 1 aliphatic rings. The number of anilines is 1. The van der Waals surface area contributed by atoms with Crippen LogP contribution in [0, 0.1) is 0 Å². The van der Waals surface area contributed by atoms with E-state index in [0.717, 1.165) is 11.3 Å². The van der Waals surface area contributed by atoms with Crippen molar-refractivity contribution in [2.45, 2.75) is 12.0 Å². The Morgan fingerprint density at radius 1 is 1.25 bits per heavy atom. The second kappa shape index (κ2) is 6.08. The van der Waals surface area contributed by atoms with Gasteiger partial charge in [0.25, 0.3) is 0 Å². The monoisotopic (exact) mass is 375 g/mol.